The lowest BCUT2D eigenvalue weighted by Gasteiger charge is -2.07. The van der Waals surface area contributed by atoms with Crippen molar-refractivity contribution in [1.29, 1.82) is 0 Å². The summed E-state index contributed by atoms with van der Waals surface area (Å²) >= 11 is 5.81. The number of halogens is 1. The zero-order valence-corrected chi connectivity index (χ0v) is 16.5. The fourth-order valence-corrected chi connectivity index (χ4v) is 2.65. The maximum absolute atomic E-state index is 12.3. The van der Waals surface area contributed by atoms with Gasteiger partial charge in [0.2, 0.25) is 0 Å². The highest BCUT2D eigenvalue weighted by molar-refractivity contribution is 6.30. The van der Waals surface area contributed by atoms with Crippen LogP contribution in [-0.2, 0) is 0 Å². The molecule has 0 unspecified atom stereocenters. The second-order valence-electron chi connectivity index (χ2n) is 6.24. The highest BCUT2D eigenvalue weighted by Crippen LogP contribution is 2.21. The Morgan fingerprint density at radius 1 is 1.00 bits per heavy atom. The highest BCUT2D eigenvalue weighted by atomic mass is 35.5. The third-order valence-electron chi connectivity index (χ3n) is 4.08. The number of carbonyl (C=O) groups is 2. The number of nitro benzene ring substituents is 1. The molecule has 0 radical (unpaired) electrons. The molecule has 3 aromatic carbocycles. The number of carbonyl (C=O) groups excluding carboxylic acids is 2. The molecule has 2 amide bonds. The van der Waals surface area contributed by atoms with Crippen LogP contribution in [0.1, 0.15) is 26.3 Å². The number of nitrogens with zero attached hydrogens (tertiary/aromatic N) is 2. The molecule has 156 valence electrons. The van der Waals surface area contributed by atoms with E-state index >= 15 is 0 Å². The van der Waals surface area contributed by atoms with Crippen LogP contribution in [-0.4, -0.2) is 28.1 Å². The fraction of sp³-hybridized carbons (Fsp3) is 0. The minimum Gasteiger partial charge on any atom is -0.507 e. The number of phenols is 1. The molecule has 0 aliphatic rings. The Morgan fingerprint density at radius 2 is 1.74 bits per heavy atom. The molecule has 0 saturated carbocycles. The van der Waals surface area contributed by atoms with E-state index in [1.54, 1.807) is 36.4 Å². The van der Waals surface area contributed by atoms with Crippen LogP contribution in [0.2, 0.25) is 5.02 Å². The van der Waals surface area contributed by atoms with Crippen molar-refractivity contribution in [3.63, 3.8) is 0 Å². The molecule has 0 aromatic heterocycles. The van der Waals surface area contributed by atoms with E-state index in [4.69, 9.17) is 11.6 Å². The number of rotatable bonds is 6. The summed E-state index contributed by atoms with van der Waals surface area (Å²) in [7, 11) is 0. The summed E-state index contributed by atoms with van der Waals surface area (Å²) in [5, 5.41) is 27.5. The SMILES string of the molecule is O=C(N/N=C\c1cc([N+](=O)[O-])ccc1O)c1cccc(NC(=O)c2ccc(Cl)cc2)c1. The van der Waals surface area contributed by atoms with Crippen molar-refractivity contribution < 1.29 is 19.6 Å². The van der Waals surface area contributed by atoms with E-state index in [2.05, 4.69) is 15.8 Å². The van der Waals surface area contributed by atoms with E-state index in [0.29, 0.717) is 16.3 Å². The van der Waals surface area contributed by atoms with Crippen molar-refractivity contribution in [2.24, 2.45) is 5.10 Å². The van der Waals surface area contributed by atoms with Crippen LogP contribution in [0.25, 0.3) is 0 Å². The van der Waals surface area contributed by atoms with Crippen molar-refractivity contribution in [2.45, 2.75) is 0 Å². The number of aromatic hydroxyl groups is 1. The number of nitro groups is 1. The normalized spacial score (nSPS) is 10.6. The molecular weight excluding hydrogens is 424 g/mol. The first-order chi connectivity index (χ1) is 14.8. The largest absolute Gasteiger partial charge is 0.507 e. The molecule has 3 N–H and O–H groups in total. The van der Waals surface area contributed by atoms with E-state index in [-0.39, 0.29) is 28.5 Å². The monoisotopic (exact) mass is 438 g/mol. The molecule has 0 bridgehead atoms. The molecule has 0 saturated heterocycles. The number of nitrogens with one attached hydrogen (secondary N) is 2. The van der Waals surface area contributed by atoms with Gasteiger partial charge >= 0.3 is 0 Å². The molecule has 0 atom stereocenters. The van der Waals surface area contributed by atoms with Crippen molar-refractivity contribution in [3.8, 4) is 5.75 Å². The van der Waals surface area contributed by atoms with Crippen molar-refractivity contribution in [3.05, 3.63) is 98.6 Å². The van der Waals surface area contributed by atoms with Gasteiger partial charge in [0.15, 0.2) is 0 Å². The summed E-state index contributed by atoms with van der Waals surface area (Å²) in [4.78, 5) is 34.8. The second kappa shape index (κ2) is 9.51. The van der Waals surface area contributed by atoms with Crippen LogP contribution < -0.4 is 10.7 Å². The number of anilines is 1. The lowest BCUT2D eigenvalue weighted by atomic mass is 10.1. The van der Waals surface area contributed by atoms with Crippen LogP contribution in [0.4, 0.5) is 11.4 Å². The number of hydrazone groups is 1. The molecule has 3 aromatic rings. The third-order valence-corrected chi connectivity index (χ3v) is 4.33. The lowest BCUT2D eigenvalue weighted by molar-refractivity contribution is -0.384. The number of amides is 2. The fourth-order valence-electron chi connectivity index (χ4n) is 2.53. The predicted octanol–water partition coefficient (Wildman–Crippen LogP) is 3.97. The van der Waals surface area contributed by atoms with Gasteiger partial charge in [-0.15, -0.1) is 0 Å². The lowest BCUT2D eigenvalue weighted by Crippen LogP contribution is -2.18. The Kier molecular flexibility index (Phi) is 6.58. The Bertz CT molecular complexity index is 1180. The zero-order chi connectivity index (χ0) is 22.4. The molecule has 0 spiro atoms. The zero-order valence-electron chi connectivity index (χ0n) is 15.8. The van der Waals surface area contributed by atoms with Gasteiger partial charge in [-0.25, -0.2) is 5.43 Å². The maximum Gasteiger partial charge on any atom is 0.271 e. The number of hydrogen-bond acceptors (Lipinski definition) is 6. The van der Waals surface area contributed by atoms with Gasteiger partial charge in [0.05, 0.1) is 11.1 Å². The van der Waals surface area contributed by atoms with Gasteiger partial charge < -0.3 is 10.4 Å². The van der Waals surface area contributed by atoms with Crippen molar-refractivity contribution in [1.82, 2.24) is 5.43 Å². The number of hydrogen-bond donors (Lipinski definition) is 3. The third kappa shape index (κ3) is 5.64. The molecule has 0 aliphatic carbocycles. The van der Waals surface area contributed by atoms with Crippen LogP contribution in [0.15, 0.2) is 71.8 Å². The molecule has 0 heterocycles. The summed E-state index contributed by atoms with van der Waals surface area (Å²) in [6.07, 6.45) is 1.09. The second-order valence-corrected chi connectivity index (χ2v) is 6.68. The molecule has 3 rings (SSSR count). The summed E-state index contributed by atoms with van der Waals surface area (Å²) in [5.74, 6) is -1.17. The van der Waals surface area contributed by atoms with E-state index in [9.17, 15) is 24.8 Å². The Morgan fingerprint density at radius 3 is 2.45 bits per heavy atom. The van der Waals surface area contributed by atoms with E-state index in [1.807, 2.05) is 0 Å². The number of phenolic OH excluding ortho intramolecular Hbond substituents is 1. The Labute approximate surface area is 181 Å². The molecule has 31 heavy (non-hydrogen) atoms. The van der Waals surface area contributed by atoms with Crippen LogP contribution >= 0.6 is 11.6 Å². The summed E-state index contributed by atoms with van der Waals surface area (Å²) < 4.78 is 0. The van der Waals surface area contributed by atoms with Crippen molar-refractivity contribution in [2.75, 3.05) is 5.32 Å². The smallest absolute Gasteiger partial charge is 0.271 e. The topological polar surface area (TPSA) is 134 Å². The van der Waals surface area contributed by atoms with Gasteiger partial charge in [0.1, 0.15) is 5.75 Å². The minimum atomic E-state index is -0.612. The van der Waals surface area contributed by atoms with Crippen LogP contribution in [0.5, 0.6) is 5.75 Å². The summed E-state index contributed by atoms with van der Waals surface area (Å²) in [6.45, 7) is 0. The summed E-state index contributed by atoms with van der Waals surface area (Å²) in [6, 6.07) is 16.0. The molecule has 0 aliphatic heterocycles. The predicted molar refractivity (Wildman–Crippen MR) is 116 cm³/mol. The van der Waals surface area contributed by atoms with Gasteiger partial charge in [-0.2, -0.15) is 5.10 Å². The Hall–Kier alpha value is -4.24. The first-order valence-electron chi connectivity index (χ1n) is 8.81. The Balaban J connectivity index is 1.67. The number of benzene rings is 3. The number of non-ortho nitro benzene ring substituents is 1. The van der Waals surface area contributed by atoms with Gasteiger partial charge in [0, 0.05) is 39.5 Å². The maximum atomic E-state index is 12.3. The standard InChI is InChI=1S/C21H15ClN4O5/c22-16-6-4-13(5-7-16)20(28)24-17-3-1-2-14(10-17)21(29)25-23-12-15-11-18(26(30)31)8-9-19(15)27/h1-12,27H,(H,24,28)(H,25,29)/b23-12-. The highest BCUT2D eigenvalue weighted by Gasteiger charge is 2.11. The van der Waals surface area contributed by atoms with Gasteiger partial charge in [-0.1, -0.05) is 17.7 Å². The van der Waals surface area contributed by atoms with Gasteiger partial charge in [0.25, 0.3) is 17.5 Å². The van der Waals surface area contributed by atoms with E-state index in [0.717, 1.165) is 24.4 Å². The molecule has 9 nitrogen and oxygen atoms in total. The van der Waals surface area contributed by atoms with Gasteiger partial charge in [-0.05, 0) is 48.5 Å². The molecule has 10 heteroatoms. The summed E-state index contributed by atoms with van der Waals surface area (Å²) in [5.41, 5.74) is 3.12. The van der Waals surface area contributed by atoms with Gasteiger partial charge in [-0.3, -0.25) is 19.7 Å². The first kappa shape index (κ1) is 21.5. The van der Waals surface area contributed by atoms with Crippen molar-refractivity contribution >= 4 is 41.0 Å². The average Bonchev–Trinajstić information content (AvgIpc) is 2.75. The molecular formula is C21H15ClN4O5. The van der Waals surface area contributed by atoms with E-state index in [1.165, 1.54) is 12.1 Å². The van der Waals surface area contributed by atoms with E-state index < -0.39 is 10.8 Å². The van der Waals surface area contributed by atoms with Crippen LogP contribution in [0.3, 0.4) is 0 Å². The van der Waals surface area contributed by atoms with Crippen LogP contribution in [0, 0.1) is 10.1 Å². The minimum absolute atomic E-state index is 0.0680. The average molecular weight is 439 g/mol. The first-order valence-corrected chi connectivity index (χ1v) is 9.19. The molecule has 0 fully saturated rings. The quantitative estimate of drug-likeness (QED) is 0.304.